The molecule has 1 aromatic rings. The zero-order chi connectivity index (χ0) is 13.8. The predicted octanol–water partition coefficient (Wildman–Crippen LogP) is 3.09. The SMILES string of the molecule is COc1ccc(C(C)(C)CNC(=O)Br)c(OC)c1. The maximum Gasteiger partial charge on any atom is 0.287 e. The molecule has 1 rings (SSSR count). The fraction of sp³-hybridized carbons (Fsp3) is 0.462. The molecule has 0 bridgehead atoms. The Morgan fingerprint density at radius 2 is 2.00 bits per heavy atom. The summed E-state index contributed by atoms with van der Waals surface area (Å²) in [6.45, 7) is 4.60. The van der Waals surface area contributed by atoms with Crippen molar-refractivity contribution in [3.63, 3.8) is 0 Å². The van der Waals surface area contributed by atoms with Crippen LogP contribution in [0.4, 0.5) is 4.79 Å². The van der Waals surface area contributed by atoms with Crippen molar-refractivity contribution in [1.82, 2.24) is 5.32 Å². The lowest BCUT2D eigenvalue weighted by molar-refractivity contribution is 0.259. The van der Waals surface area contributed by atoms with Crippen LogP contribution >= 0.6 is 15.9 Å². The number of hydrogen-bond donors (Lipinski definition) is 1. The first kappa shape index (κ1) is 14.8. The van der Waals surface area contributed by atoms with Gasteiger partial charge in [0.05, 0.1) is 14.2 Å². The van der Waals surface area contributed by atoms with Gasteiger partial charge in [0.1, 0.15) is 11.5 Å². The van der Waals surface area contributed by atoms with Gasteiger partial charge in [-0.05, 0) is 6.07 Å². The van der Waals surface area contributed by atoms with Crippen molar-refractivity contribution in [2.45, 2.75) is 19.3 Å². The van der Waals surface area contributed by atoms with Gasteiger partial charge in [0.15, 0.2) is 0 Å². The van der Waals surface area contributed by atoms with Gasteiger partial charge < -0.3 is 14.8 Å². The average molecular weight is 316 g/mol. The third-order valence-electron chi connectivity index (χ3n) is 2.81. The Morgan fingerprint density at radius 1 is 1.33 bits per heavy atom. The van der Waals surface area contributed by atoms with Gasteiger partial charge in [-0.3, -0.25) is 4.79 Å². The second kappa shape index (κ2) is 6.09. The maximum absolute atomic E-state index is 10.9. The van der Waals surface area contributed by atoms with Crippen molar-refractivity contribution < 1.29 is 14.3 Å². The van der Waals surface area contributed by atoms with Crippen LogP contribution in [0.5, 0.6) is 11.5 Å². The predicted molar refractivity (Wildman–Crippen MR) is 74.9 cm³/mol. The number of benzene rings is 1. The minimum Gasteiger partial charge on any atom is -0.497 e. The number of amides is 1. The number of nitrogens with one attached hydrogen (secondary N) is 1. The molecule has 0 radical (unpaired) electrons. The van der Waals surface area contributed by atoms with E-state index in [9.17, 15) is 4.79 Å². The molecule has 5 heteroatoms. The summed E-state index contributed by atoms with van der Waals surface area (Å²) in [7, 11) is 3.24. The fourth-order valence-corrected chi connectivity index (χ4v) is 1.88. The lowest BCUT2D eigenvalue weighted by Crippen LogP contribution is -2.34. The summed E-state index contributed by atoms with van der Waals surface area (Å²) in [5.41, 5.74) is 0.785. The van der Waals surface area contributed by atoms with Crippen LogP contribution in [0.1, 0.15) is 19.4 Å². The maximum atomic E-state index is 10.9. The lowest BCUT2D eigenvalue weighted by atomic mass is 9.84. The number of rotatable bonds is 5. The van der Waals surface area contributed by atoms with E-state index < -0.39 is 0 Å². The minimum absolute atomic E-state index is 0.219. The van der Waals surface area contributed by atoms with Crippen LogP contribution in [0.2, 0.25) is 0 Å². The number of ether oxygens (including phenoxy) is 2. The molecule has 4 nitrogen and oxygen atoms in total. The molecule has 0 atom stereocenters. The van der Waals surface area contributed by atoms with Crippen molar-refractivity contribution in [3.05, 3.63) is 23.8 Å². The number of carbonyl (C=O) groups excluding carboxylic acids is 1. The Balaban J connectivity index is 3.02. The smallest absolute Gasteiger partial charge is 0.287 e. The average Bonchev–Trinajstić information content (AvgIpc) is 2.35. The third-order valence-corrected chi connectivity index (χ3v) is 3.09. The van der Waals surface area contributed by atoms with Crippen LogP contribution in [0.3, 0.4) is 0 Å². The molecule has 0 aliphatic heterocycles. The Bertz CT molecular complexity index is 432. The van der Waals surface area contributed by atoms with Gasteiger partial charge in [0.2, 0.25) is 0 Å². The molecule has 0 aliphatic rings. The second-order valence-electron chi connectivity index (χ2n) is 4.58. The summed E-state index contributed by atoms with van der Waals surface area (Å²) >= 11 is 2.86. The lowest BCUT2D eigenvalue weighted by Gasteiger charge is -2.27. The van der Waals surface area contributed by atoms with E-state index in [1.807, 2.05) is 32.0 Å². The van der Waals surface area contributed by atoms with Gasteiger partial charge in [-0.15, -0.1) is 0 Å². The summed E-state index contributed by atoms with van der Waals surface area (Å²) in [6.07, 6.45) is 0. The summed E-state index contributed by atoms with van der Waals surface area (Å²) in [5.74, 6) is 1.50. The highest BCUT2D eigenvalue weighted by atomic mass is 79.9. The molecule has 18 heavy (non-hydrogen) atoms. The summed E-state index contributed by atoms with van der Waals surface area (Å²) in [6, 6.07) is 5.68. The molecule has 1 aromatic carbocycles. The summed E-state index contributed by atoms with van der Waals surface area (Å²) in [4.78, 5) is 10.7. The minimum atomic E-state index is -0.235. The van der Waals surface area contributed by atoms with Gasteiger partial charge in [-0.1, -0.05) is 19.9 Å². The number of methoxy groups -OCH3 is 2. The molecule has 0 saturated carbocycles. The van der Waals surface area contributed by atoms with E-state index in [4.69, 9.17) is 9.47 Å². The topological polar surface area (TPSA) is 47.6 Å². The first-order valence-electron chi connectivity index (χ1n) is 5.56. The highest BCUT2D eigenvalue weighted by Gasteiger charge is 2.25. The van der Waals surface area contributed by atoms with Crippen LogP contribution in [0.15, 0.2) is 18.2 Å². The third kappa shape index (κ3) is 3.63. The Morgan fingerprint density at radius 3 is 2.50 bits per heavy atom. The highest BCUT2D eigenvalue weighted by molar-refractivity contribution is 9.18. The molecule has 0 heterocycles. The van der Waals surface area contributed by atoms with E-state index in [2.05, 4.69) is 21.2 Å². The fourth-order valence-electron chi connectivity index (χ4n) is 1.74. The van der Waals surface area contributed by atoms with Crippen LogP contribution in [-0.4, -0.2) is 25.6 Å². The highest BCUT2D eigenvalue weighted by Crippen LogP contribution is 2.34. The first-order chi connectivity index (χ1) is 8.40. The molecule has 0 saturated heterocycles. The quantitative estimate of drug-likeness (QED) is 0.671. The van der Waals surface area contributed by atoms with Gasteiger partial charge >= 0.3 is 0 Å². The normalized spacial score (nSPS) is 10.9. The van der Waals surface area contributed by atoms with Gasteiger partial charge in [0.25, 0.3) is 4.82 Å². The molecular formula is C13H18BrNO3. The Hall–Kier alpha value is -1.23. The molecule has 1 N–H and O–H groups in total. The molecule has 0 fully saturated rings. The van der Waals surface area contributed by atoms with Crippen molar-refractivity contribution in [2.75, 3.05) is 20.8 Å². The largest absolute Gasteiger partial charge is 0.497 e. The van der Waals surface area contributed by atoms with E-state index in [1.165, 1.54) is 0 Å². The monoisotopic (exact) mass is 315 g/mol. The van der Waals surface area contributed by atoms with E-state index in [-0.39, 0.29) is 10.2 Å². The Kier molecular flexibility index (Phi) is 5.02. The van der Waals surface area contributed by atoms with E-state index in [0.717, 1.165) is 17.1 Å². The van der Waals surface area contributed by atoms with Crippen molar-refractivity contribution >= 4 is 20.7 Å². The summed E-state index contributed by atoms with van der Waals surface area (Å²) in [5, 5.41) is 2.76. The number of halogens is 1. The zero-order valence-electron chi connectivity index (χ0n) is 11.0. The summed E-state index contributed by atoms with van der Waals surface area (Å²) < 4.78 is 10.5. The molecule has 0 aromatic heterocycles. The molecule has 100 valence electrons. The van der Waals surface area contributed by atoms with Crippen LogP contribution < -0.4 is 14.8 Å². The first-order valence-corrected chi connectivity index (χ1v) is 6.36. The zero-order valence-corrected chi connectivity index (χ0v) is 12.6. The van der Waals surface area contributed by atoms with Crippen LogP contribution in [-0.2, 0) is 5.41 Å². The van der Waals surface area contributed by atoms with Gasteiger partial charge in [-0.25, -0.2) is 0 Å². The number of carbonyl (C=O) groups is 1. The van der Waals surface area contributed by atoms with Crippen molar-refractivity contribution in [1.29, 1.82) is 0 Å². The van der Waals surface area contributed by atoms with Gasteiger partial charge in [0, 0.05) is 39.5 Å². The van der Waals surface area contributed by atoms with E-state index in [0.29, 0.717) is 6.54 Å². The molecule has 0 aliphatic carbocycles. The van der Waals surface area contributed by atoms with Crippen molar-refractivity contribution in [3.8, 4) is 11.5 Å². The van der Waals surface area contributed by atoms with E-state index in [1.54, 1.807) is 14.2 Å². The molecular weight excluding hydrogens is 298 g/mol. The van der Waals surface area contributed by atoms with Gasteiger partial charge in [-0.2, -0.15) is 0 Å². The molecule has 1 amide bonds. The molecule has 0 unspecified atom stereocenters. The molecule has 0 spiro atoms. The standard InChI is InChI=1S/C13H18BrNO3/c1-13(2,8-15-12(14)16)10-6-5-9(17-3)7-11(10)18-4/h5-7H,8H2,1-4H3,(H,15,16). The van der Waals surface area contributed by atoms with Crippen molar-refractivity contribution in [2.24, 2.45) is 0 Å². The number of hydrogen-bond acceptors (Lipinski definition) is 3. The second-order valence-corrected chi connectivity index (χ2v) is 5.30. The Labute approximate surface area is 116 Å². The van der Waals surface area contributed by atoms with Crippen LogP contribution in [0.25, 0.3) is 0 Å². The van der Waals surface area contributed by atoms with Crippen LogP contribution in [0, 0.1) is 0 Å². The van der Waals surface area contributed by atoms with E-state index >= 15 is 0 Å².